The van der Waals surface area contributed by atoms with Gasteiger partial charge in [0.1, 0.15) is 16.4 Å². The van der Waals surface area contributed by atoms with Crippen LogP contribution in [0.2, 0.25) is 0 Å². The molecule has 0 radical (unpaired) electrons. The molecule has 9 heteroatoms. The molecule has 162 valence electrons. The molecule has 32 heavy (non-hydrogen) atoms. The average molecular weight is 465 g/mol. The van der Waals surface area contributed by atoms with E-state index in [-0.39, 0.29) is 24.4 Å². The van der Waals surface area contributed by atoms with Crippen LogP contribution >= 0.6 is 22.7 Å². The van der Waals surface area contributed by atoms with Crippen molar-refractivity contribution in [2.75, 3.05) is 0 Å². The zero-order valence-corrected chi connectivity index (χ0v) is 19.2. The second kappa shape index (κ2) is 8.33. The molecule has 5 rings (SSSR count). The van der Waals surface area contributed by atoms with Crippen LogP contribution in [0.1, 0.15) is 28.4 Å². The van der Waals surface area contributed by atoms with Gasteiger partial charge in [0, 0.05) is 17.7 Å². The molecule has 0 fully saturated rings. The van der Waals surface area contributed by atoms with E-state index in [1.165, 1.54) is 11.3 Å². The lowest BCUT2D eigenvalue weighted by atomic mass is 10.2. The number of hydrogen-bond acceptors (Lipinski definition) is 7. The highest BCUT2D eigenvalue weighted by molar-refractivity contribution is 7.21. The van der Waals surface area contributed by atoms with Gasteiger partial charge in [0.15, 0.2) is 10.8 Å². The number of hydrogen-bond donors (Lipinski definition) is 2. The number of aromatic amines is 1. The zero-order valence-electron chi connectivity index (χ0n) is 17.5. The third kappa shape index (κ3) is 3.96. The number of aryl methyl sites for hydroxylation is 3. The molecule has 0 unspecified atom stereocenters. The molecule has 0 aliphatic rings. The number of thiazole rings is 1. The lowest BCUT2D eigenvalue weighted by molar-refractivity contribution is -0.121. The van der Waals surface area contributed by atoms with Crippen LogP contribution in [-0.4, -0.2) is 20.9 Å². The van der Waals surface area contributed by atoms with Crippen LogP contribution in [0.3, 0.4) is 0 Å². The van der Waals surface area contributed by atoms with E-state index >= 15 is 0 Å². The van der Waals surface area contributed by atoms with E-state index in [0.29, 0.717) is 29.2 Å². The van der Waals surface area contributed by atoms with Gasteiger partial charge in [-0.1, -0.05) is 12.1 Å². The van der Waals surface area contributed by atoms with Crippen LogP contribution < -0.4 is 10.9 Å². The van der Waals surface area contributed by atoms with E-state index < -0.39 is 0 Å². The highest BCUT2D eigenvalue weighted by Gasteiger charge is 2.14. The third-order valence-electron chi connectivity index (χ3n) is 5.30. The molecular formula is C23H20N4O3S2. The first-order valence-corrected chi connectivity index (χ1v) is 11.8. The van der Waals surface area contributed by atoms with Gasteiger partial charge in [-0.3, -0.25) is 9.59 Å². The summed E-state index contributed by atoms with van der Waals surface area (Å²) in [7, 11) is 0. The summed E-state index contributed by atoms with van der Waals surface area (Å²) in [5, 5.41) is 4.31. The summed E-state index contributed by atoms with van der Waals surface area (Å²) in [6.45, 7) is 4.19. The van der Waals surface area contributed by atoms with Gasteiger partial charge >= 0.3 is 0 Å². The fraction of sp³-hybridized carbons (Fsp3) is 0.217. The number of aromatic nitrogens is 3. The quantitative estimate of drug-likeness (QED) is 0.379. The molecule has 7 nitrogen and oxygen atoms in total. The Hall–Kier alpha value is -3.30. The molecule has 5 aromatic rings. The maximum atomic E-state index is 12.4. The Morgan fingerprint density at radius 2 is 1.97 bits per heavy atom. The number of benzene rings is 1. The van der Waals surface area contributed by atoms with Gasteiger partial charge in [-0.2, -0.15) is 0 Å². The largest absolute Gasteiger partial charge is 0.457 e. The van der Waals surface area contributed by atoms with Crippen molar-refractivity contribution in [3.8, 4) is 10.8 Å². The Labute approximate surface area is 191 Å². The molecule has 0 saturated heterocycles. The van der Waals surface area contributed by atoms with Crippen molar-refractivity contribution < 1.29 is 9.21 Å². The van der Waals surface area contributed by atoms with Gasteiger partial charge in [-0.25, -0.2) is 9.97 Å². The van der Waals surface area contributed by atoms with E-state index in [4.69, 9.17) is 4.42 Å². The number of fused-ring (bicyclic) bond motifs is 2. The number of H-pyrrole nitrogens is 1. The average Bonchev–Trinajstić information content (AvgIpc) is 3.48. The molecule has 2 N–H and O–H groups in total. The van der Waals surface area contributed by atoms with Gasteiger partial charge in [0.05, 0.1) is 22.1 Å². The predicted molar refractivity (Wildman–Crippen MR) is 127 cm³/mol. The summed E-state index contributed by atoms with van der Waals surface area (Å²) in [6, 6.07) is 11.7. The highest BCUT2D eigenvalue weighted by Crippen LogP contribution is 2.31. The van der Waals surface area contributed by atoms with Crippen molar-refractivity contribution in [1.82, 2.24) is 20.3 Å². The molecule has 1 amide bonds. The first-order chi connectivity index (χ1) is 15.5. The molecule has 0 atom stereocenters. The van der Waals surface area contributed by atoms with E-state index in [0.717, 1.165) is 30.5 Å². The molecule has 0 aliphatic heterocycles. The van der Waals surface area contributed by atoms with Crippen molar-refractivity contribution >= 4 is 49.0 Å². The molecule has 0 spiro atoms. The summed E-state index contributed by atoms with van der Waals surface area (Å²) in [6.07, 6.45) is 0.589. The molecule has 0 bridgehead atoms. The van der Waals surface area contributed by atoms with E-state index in [9.17, 15) is 9.59 Å². The lowest BCUT2D eigenvalue weighted by Gasteiger charge is -2.04. The normalized spacial score (nSPS) is 11.4. The van der Waals surface area contributed by atoms with E-state index in [1.54, 1.807) is 11.3 Å². The van der Waals surface area contributed by atoms with Gasteiger partial charge in [-0.15, -0.1) is 22.7 Å². The van der Waals surface area contributed by atoms with Crippen molar-refractivity contribution in [1.29, 1.82) is 0 Å². The van der Waals surface area contributed by atoms with Crippen LogP contribution in [-0.2, 0) is 17.8 Å². The topological polar surface area (TPSA) is 101 Å². The van der Waals surface area contributed by atoms with E-state index in [1.807, 2.05) is 50.2 Å². The van der Waals surface area contributed by atoms with Crippen molar-refractivity contribution in [2.45, 2.75) is 33.2 Å². The summed E-state index contributed by atoms with van der Waals surface area (Å²) >= 11 is 3.07. The second-order valence-electron chi connectivity index (χ2n) is 7.51. The highest BCUT2D eigenvalue weighted by atomic mass is 32.1. The van der Waals surface area contributed by atoms with Crippen molar-refractivity contribution in [3.63, 3.8) is 0 Å². The summed E-state index contributed by atoms with van der Waals surface area (Å²) in [4.78, 5) is 38.4. The molecule has 0 saturated carbocycles. The number of rotatable bonds is 6. The number of carbonyl (C=O) groups excluding carboxylic acids is 1. The Kier molecular flexibility index (Phi) is 5.36. The summed E-state index contributed by atoms with van der Waals surface area (Å²) in [5.41, 5.74) is 1.76. The van der Waals surface area contributed by atoms with Gasteiger partial charge in [0.2, 0.25) is 5.91 Å². The van der Waals surface area contributed by atoms with Crippen molar-refractivity contribution in [3.05, 3.63) is 68.8 Å². The first kappa shape index (κ1) is 20.6. The fourth-order valence-electron chi connectivity index (χ4n) is 3.49. The zero-order chi connectivity index (χ0) is 22.2. The molecular weight excluding hydrogens is 444 g/mol. The fourth-order valence-corrected chi connectivity index (χ4v) is 5.47. The number of nitrogens with one attached hydrogen (secondary N) is 2. The third-order valence-corrected chi connectivity index (χ3v) is 7.46. The molecule has 0 aliphatic carbocycles. The SMILES string of the molecule is Cc1sc2nc(CCC(=O)NCc3ccc(-c4nc5ccccc5s4)o3)[nH]c(=O)c2c1C. The van der Waals surface area contributed by atoms with Gasteiger partial charge in [0.25, 0.3) is 5.56 Å². The van der Waals surface area contributed by atoms with Crippen LogP contribution in [0, 0.1) is 13.8 Å². The number of thiophene rings is 1. The van der Waals surface area contributed by atoms with E-state index in [2.05, 4.69) is 20.3 Å². The minimum absolute atomic E-state index is 0.135. The van der Waals surface area contributed by atoms with Crippen LogP contribution in [0.4, 0.5) is 0 Å². The number of carbonyl (C=O) groups is 1. The predicted octanol–water partition coefficient (Wildman–Crippen LogP) is 4.72. The van der Waals surface area contributed by atoms with Crippen LogP contribution in [0.15, 0.2) is 45.6 Å². The Balaban J connectivity index is 1.19. The first-order valence-electron chi connectivity index (χ1n) is 10.2. The Morgan fingerprint density at radius 3 is 2.81 bits per heavy atom. The Bertz CT molecular complexity index is 1480. The second-order valence-corrected chi connectivity index (χ2v) is 9.74. The minimum Gasteiger partial charge on any atom is -0.457 e. The molecule has 4 heterocycles. The van der Waals surface area contributed by atoms with Crippen molar-refractivity contribution in [2.24, 2.45) is 0 Å². The number of furan rings is 1. The number of amides is 1. The molecule has 1 aromatic carbocycles. The molecule has 4 aromatic heterocycles. The van der Waals surface area contributed by atoms with Crippen LogP contribution in [0.5, 0.6) is 0 Å². The lowest BCUT2D eigenvalue weighted by Crippen LogP contribution is -2.23. The van der Waals surface area contributed by atoms with Gasteiger partial charge < -0.3 is 14.7 Å². The summed E-state index contributed by atoms with van der Waals surface area (Å²) < 4.78 is 6.97. The van der Waals surface area contributed by atoms with Gasteiger partial charge in [-0.05, 0) is 43.7 Å². The summed E-state index contributed by atoms with van der Waals surface area (Å²) in [5.74, 6) is 1.73. The smallest absolute Gasteiger partial charge is 0.259 e. The monoisotopic (exact) mass is 464 g/mol. The number of para-hydroxylation sites is 1. The minimum atomic E-state index is -0.148. The standard InChI is InChI=1S/C23H20N4O3S2/c1-12-13(2)31-23-20(12)21(29)26-18(27-23)9-10-19(28)24-11-14-7-8-16(30-14)22-25-15-5-3-4-6-17(15)32-22/h3-8H,9-11H2,1-2H3,(H,24,28)(H,26,27,29). The Morgan fingerprint density at radius 1 is 1.12 bits per heavy atom. The maximum absolute atomic E-state index is 12.4. The number of nitrogens with zero attached hydrogens (tertiary/aromatic N) is 2. The maximum Gasteiger partial charge on any atom is 0.259 e. The van der Waals surface area contributed by atoms with Crippen LogP contribution in [0.25, 0.3) is 31.2 Å².